The number of guanidine groups is 1. The van der Waals surface area contributed by atoms with Crippen molar-refractivity contribution in [3.05, 3.63) is 39.3 Å². The monoisotopic (exact) mass is 546 g/mol. The number of nitrogens with one attached hydrogen (secondary N) is 2. The zero-order chi connectivity index (χ0) is 20.8. The van der Waals surface area contributed by atoms with Gasteiger partial charge in [-0.1, -0.05) is 6.07 Å². The lowest BCUT2D eigenvalue weighted by atomic mass is 10.1. The smallest absolute Gasteiger partial charge is 0.191 e. The molecule has 2 atom stereocenters. The first-order valence-corrected chi connectivity index (χ1v) is 11.3. The minimum atomic E-state index is 0. The molecule has 1 saturated heterocycles. The van der Waals surface area contributed by atoms with E-state index < -0.39 is 0 Å². The predicted octanol–water partition coefficient (Wildman–Crippen LogP) is 3.23. The third-order valence-corrected chi connectivity index (χ3v) is 6.42. The number of nitrogens with zero attached hydrogens (tertiary/aromatic N) is 4. The molecular weight excluding hydrogens is 511 g/mol. The topological polar surface area (TPSA) is 66.7 Å². The molecule has 0 radical (unpaired) electrons. The van der Waals surface area contributed by atoms with Crippen LogP contribution in [-0.4, -0.2) is 59.5 Å². The highest BCUT2D eigenvalue weighted by Crippen LogP contribution is 2.26. The average molecular weight is 547 g/mol. The second kappa shape index (κ2) is 12.0. The maximum Gasteiger partial charge on any atom is 0.191 e. The van der Waals surface area contributed by atoms with Gasteiger partial charge in [-0.3, -0.25) is 9.58 Å². The molecule has 168 valence electrons. The number of morpholine rings is 1. The summed E-state index contributed by atoms with van der Waals surface area (Å²) in [5.41, 5.74) is 3.41. The van der Waals surface area contributed by atoms with Gasteiger partial charge in [0.2, 0.25) is 0 Å². The molecular formula is C21H35IN6OS. The number of aliphatic imine (C=N–C) groups is 1. The molecule has 0 aliphatic carbocycles. The summed E-state index contributed by atoms with van der Waals surface area (Å²) in [5.74, 6) is 0.845. The first kappa shape index (κ1) is 25.1. The van der Waals surface area contributed by atoms with E-state index in [1.807, 2.05) is 30.0 Å². The Morgan fingerprint density at radius 2 is 2.20 bits per heavy atom. The Bertz CT molecular complexity index is 807. The van der Waals surface area contributed by atoms with Crippen LogP contribution in [0.2, 0.25) is 0 Å². The molecule has 0 saturated carbocycles. The summed E-state index contributed by atoms with van der Waals surface area (Å²) < 4.78 is 7.67. The lowest BCUT2D eigenvalue weighted by Crippen LogP contribution is -2.48. The van der Waals surface area contributed by atoms with Gasteiger partial charge < -0.3 is 15.4 Å². The van der Waals surface area contributed by atoms with E-state index in [2.05, 4.69) is 58.9 Å². The van der Waals surface area contributed by atoms with Crippen molar-refractivity contribution in [3.63, 3.8) is 0 Å². The van der Waals surface area contributed by atoms with Crippen LogP contribution in [0.15, 0.2) is 22.5 Å². The standard InChI is InChI=1S/C21H34N6OS.HI/c1-6-22-21(23-12-18-16(3)25-26(5)17(18)4)24-13-19(20-8-7-11-29-20)27-9-10-28-15(2)14-27;/h7-8,11,15,19H,6,9-10,12-14H2,1-5H3,(H2,22,23,24);1H. The van der Waals surface area contributed by atoms with Gasteiger partial charge in [0.15, 0.2) is 5.96 Å². The number of ether oxygens (including phenoxy) is 1. The highest BCUT2D eigenvalue weighted by Gasteiger charge is 2.26. The largest absolute Gasteiger partial charge is 0.376 e. The first-order chi connectivity index (χ1) is 14.0. The Hall–Kier alpha value is -1.17. The van der Waals surface area contributed by atoms with E-state index in [0.717, 1.165) is 44.4 Å². The van der Waals surface area contributed by atoms with E-state index in [4.69, 9.17) is 9.73 Å². The second-order valence-electron chi connectivity index (χ2n) is 7.56. The van der Waals surface area contributed by atoms with Gasteiger partial charge in [-0.2, -0.15) is 5.10 Å². The highest BCUT2D eigenvalue weighted by atomic mass is 127. The molecule has 0 spiro atoms. The third-order valence-electron chi connectivity index (χ3n) is 5.45. The fourth-order valence-electron chi connectivity index (χ4n) is 3.76. The van der Waals surface area contributed by atoms with Crippen molar-refractivity contribution >= 4 is 41.3 Å². The van der Waals surface area contributed by atoms with Gasteiger partial charge in [-0.05, 0) is 39.1 Å². The Labute approximate surface area is 201 Å². The molecule has 1 aliphatic rings. The van der Waals surface area contributed by atoms with Gasteiger partial charge >= 0.3 is 0 Å². The molecule has 2 unspecified atom stereocenters. The van der Waals surface area contributed by atoms with Crippen LogP contribution in [0.4, 0.5) is 0 Å². The van der Waals surface area contributed by atoms with Gasteiger partial charge in [-0.15, -0.1) is 35.3 Å². The Balaban J connectivity index is 0.00000320. The van der Waals surface area contributed by atoms with E-state index in [1.54, 1.807) is 0 Å². The zero-order valence-corrected chi connectivity index (χ0v) is 21.8. The summed E-state index contributed by atoms with van der Waals surface area (Å²) in [4.78, 5) is 8.73. The predicted molar refractivity (Wildman–Crippen MR) is 135 cm³/mol. The van der Waals surface area contributed by atoms with Crippen LogP contribution in [0.25, 0.3) is 0 Å². The Morgan fingerprint density at radius 3 is 2.80 bits per heavy atom. The second-order valence-corrected chi connectivity index (χ2v) is 8.54. The summed E-state index contributed by atoms with van der Waals surface area (Å²) >= 11 is 1.81. The van der Waals surface area contributed by atoms with Gasteiger partial charge in [0, 0.05) is 49.4 Å². The van der Waals surface area contributed by atoms with Crippen LogP contribution in [-0.2, 0) is 18.3 Å². The summed E-state index contributed by atoms with van der Waals surface area (Å²) in [5, 5.41) is 13.6. The number of aryl methyl sites for hydroxylation is 2. The molecule has 1 fully saturated rings. The van der Waals surface area contributed by atoms with Crippen LogP contribution >= 0.6 is 35.3 Å². The SMILES string of the molecule is CCNC(=NCc1c(C)nn(C)c1C)NCC(c1cccs1)N1CCOC(C)C1.I. The van der Waals surface area contributed by atoms with E-state index in [0.29, 0.717) is 12.6 Å². The van der Waals surface area contributed by atoms with Gasteiger partial charge in [0.1, 0.15) is 0 Å². The van der Waals surface area contributed by atoms with E-state index in [9.17, 15) is 0 Å². The number of halogens is 1. The fourth-order valence-corrected chi connectivity index (χ4v) is 4.62. The van der Waals surface area contributed by atoms with Crippen molar-refractivity contribution in [2.75, 3.05) is 32.8 Å². The molecule has 9 heteroatoms. The minimum Gasteiger partial charge on any atom is -0.376 e. The van der Waals surface area contributed by atoms with Crippen molar-refractivity contribution in [2.24, 2.45) is 12.0 Å². The fraction of sp³-hybridized carbons (Fsp3) is 0.619. The lowest BCUT2D eigenvalue weighted by molar-refractivity contribution is -0.0334. The first-order valence-electron chi connectivity index (χ1n) is 10.4. The Kier molecular flexibility index (Phi) is 10.1. The highest BCUT2D eigenvalue weighted by molar-refractivity contribution is 14.0. The number of thiophene rings is 1. The van der Waals surface area contributed by atoms with Crippen molar-refractivity contribution in [1.82, 2.24) is 25.3 Å². The van der Waals surface area contributed by atoms with Crippen LogP contribution in [0.1, 0.15) is 41.7 Å². The van der Waals surface area contributed by atoms with Gasteiger partial charge in [0.05, 0.1) is 31.0 Å². The normalized spacial score (nSPS) is 18.7. The molecule has 2 N–H and O–H groups in total. The molecule has 7 nitrogen and oxygen atoms in total. The van der Waals surface area contributed by atoms with Crippen molar-refractivity contribution in [3.8, 4) is 0 Å². The summed E-state index contributed by atoms with van der Waals surface area (Å²) in [7, 11) is 1.98. The average Bonchev–Trinajstić information content (AvgIpc) is 3.29. The van der Waals surface area contributed by atoms with Gasteiger partial charge in [0.25, 0.3) is 0 Å². The van der Waals surface area contributed by atoms with Crippen molar-refractivity contribution in [1.29, 1.82) is 0 Å². The summed E-state index contributed by atoms with van der Waals surface area (Å²) in [6.07, 6.45) is 0.268. The van der Waals surface area contributed by atoms with Crippen LogP contribution in [0.3, 0.4) is 0 Å². The number of aromatic nitrogens is 2. The minimum absolute atomic E-state index is 0. The molecule has 2 aromatic rings. The number of hydrogen-bond donors (Lipinski definition) is 2. The molecule has 30 heavy (non-hydrogen) atoms. The summed E-state index contributed by atoms with van der Waals surface area (Å²) in [6.45, 7) is 13.3. The zero-order valence-electron chi connectivity index (χ0n) is 18.6. The maximum atomic E-state index is 5.75. The van der Waals surface area contributed by atoms with Crippen LogP contribution in [0, 0.1) is 13.8 Å². The quantitative estimate of drug-likeness (QED) is 0.317. The van der Waals surface area contributed by atoms with Crippen molar-refractivity contribution < 1.29 is 4.74 Å². The molecule has 0 bridgehead atoms. The third kappa shape index (κ3) is 6.41. The molecule has 1 aliphatic heterocycles. The molecule has 0 aromatic carbocycles. The van der Waals surface area contributed by atoms with Crippen LogP contribution < -0.4 is 10.6 Å². The summed E-state index contributed by atoms with van der Waals surface area (Å²) in [6, 6.07) is 4.67. The molecule has 3 heterocycles. The van der Waals surface area contributed by atoms with Crippen molar-refractivity contribution in [2.45, 2.75) is 46.4 Å². The van der Waals surface area contributed by atoms with E-state index >= 15 is 0 Å². The lowest BCUT2D eigenvalue weighted by Gasteiger charge is -2.37. The molecule has 0 amide bonds. The van der Waals surface area contributed by atoms with E-state index in [-0.39, 0.29) is 30.1 Å². The van der Waals surface area contributed by atoms with Gasteiger partial charge in [-0.25, -0.2) is 4.99 Å². The van der Waals surface area contributed by atoms with E-state index in [1.165, 1.54) is 16.1 Å². The van der Waals surface area contributed by atoms with Crippen LogP contribution in [0.5, 0.6) is 0 Å². The number of hydrogen-bond acceptors (Lipinski definition) is 5. The number of rotatable bonds is 7. The molecule has 2 aromatic heterocycles. The molecule has 3 rings (SSSR count). The Morgan fingerprint density at radius 1 is 1.40 bits per heavy atom. The maximum absolute atomic E-state index is 5.75.